The number of aryl methyl sites for hydroxylation is 1. The molecule has 1 amide bonds. The molecule has 0 atom stereocenters. The van der Waals surface area contributed by atoms with Crippen molar-refractivity contribution in [3.8, 4) is 22.6 Å². The van der Waals surface area contributed by atoms with E-state index in [1.54, 1.807) is 12.1 Å². The predicted molar refractivity (Wildman–Crippen MR) is 132 cm³/mol. The third-order valence-corrected chi connectivity index (χ3v) is 6.88. The number of hydrogen-bond acceptors (Lipinski definition) is 3. The van der Waals surface area contributed by atoms with Crippen molar-refractivity contribution in [2.45, 2.75) is 25.4 Å². The molecular weight excluding hydrogens is 434 g/mol. The number of ether oxygens (including phenoxy) is 2. The molecule has 1 fully saturated rings. The minimum Gasteiger partial charge on any atom is -0.484 e. The first-order valence-corrected chi connectivity index (χ1v) is 11.6. The number of amides is 1. The van der Waals surface area contributed by atoms with Gasteiger partial charge in [0.05, 0.1) is 0 Å². The van der Waals surface area contributed by atoms with Crippen LogP contribution in [0.1, 0.15) is 24.0 Å². The van der Waals surface area contributed by atoms with Gasteiger partial charge in [-0.2, -0.15) is 0 Å². The molecule has 2 aliphatic rings. The van der Waals surface area contributed by atoms with E-state index >= 15 is 0 Å². The lowest BCUT2D eigenvalue weighted by molar-refractivity contribution is -0.136. The molecule has 2 aliphatic heterocycles. The molecule has 0 unspecified atom stereocenters. The number of rotatable bonds is 4. The molecule has 0 N–H and O–H groups in total. The Hall–Kier alpha value is -3.24. The summed E-state index contributed by atoms with van der Waals surface area (Å²) in [7, 11) is 0. The summed E-state index contributed by atoms with van der Waals surface area (Å²) in [5, 5.41) is 0.688. The summed E-state index contributed by atoms with van der Waals surface area (Å²) in [5.74, 6) is 1.55. The minimum atomic E-state index is -0.355. The van der Waals surface area contributed by atoms with Crippen LogP contribution in [0.15, 0.2) is 72.8 Å². The maximum Gasteiger partial charge on any atom is 0.260 e. The summed E-state index contributed by atoms with van der Waals surface area (Å²) in [5.41, 5.74) is 4.03. The first-order chi connectivity index (χ1) is 16.0. The maximum atomic E-state index is 12.7. The van der Waals surface area contributed by atoms with Crippen LogP contribution in [-0.4, -0.2) is 36.1 Å². The quantitative estimate of drug-likeness (QED) is 0.469. The summed E-state index contributed by atoms with van der Waals surface area (Å²) in [6, 6.07) is 22.1. The second kappa shape index (κ2) is 8.95. The van der Waals surface area contributed by atoms with Crippen molar-refractivity contribution in [2.24, 2.45) is 0 Å². The fraction of sp³-hybridized carbons (Fsp3) is 0.250. The van der Waals surface area contributed by atoms with Crippen molar-refractivity contribution < 1.29 is 14.3 Å². The van der Waals surface area contributed by atoms with Gasteiger partial charge in [0, 0.05) is 36.5 Å². The van der Waals surface area contributed by atoms with Gasteiger partial charge in [-0.25, -0.2) is 0 Å². The van der Waals surface area contributed by atoms with Crippen molar-refractivity contribution in [3.63, 3.8) is 0 Å². The van der Waals surface area contributed by atoms with Gasteiger partial charge in [-0.3, -0.25) is 4.79 Å². The fourth-order valence-electron chi connectivity index (χ4n) is 4.42. The maximum absolute atomic E-state index is 12.7. The molecule has 4 nitrogen and oxygen atoms in total. The Kier molecular flexibility index (Phi) is 5.86. The van der Waals surface area contributed by atoms with Crippen molar-refractivity contribution in [1.29, 1.82) is 0 Å². The first-order valence-electron chi connectivity index (χ1n) is 11.3. The third-order valence-electron chi connectivity index (χ3n) is 6.45. The lowest BCUT2D eigenvalue weighted by atomic mass is 9.87. The fourth-order valence-corrected chi connectivity index (χ4v) is 4.54. The zero-order chi connectivity index (χ0) is 22.8. The Morgan fingerprint density at radius 3 is 2.58 bits per heavy atom. The van der Waals surface area contributed by atoms with Crippen LogP contribution in [0.5, 0.6) is 11.5 Å². The molecule has 1 saturated heterocycles. The standard InChI is InChI=1S/C28H26ClNO3/c1-20-17-24(8-9-25(20)29)32-19-27(31)30-15-13-28(14-16-30)12-11-23-18-22(7-10-26(23)33-28)21-5-3-2-4-6-21/h2-12,17-18H,13-16,19H2,1H3. The molecule has 168 valence electrons. The van der Waals surface area contributed by atoms with E-state index in [1.165, 1.54) is 11.1 Å². The Morgan fingerprint density at radius 1 is 1.03 bits per heavy atom. The van der Waals surface area contributed by atoms with Crippen LogP contribution in [0.3, 0.4) is 0 Å². The number of piperidine rings is 1. The number of hydrogen-bond donors (Lipinski definition) is 0. The molecule has 0 radical (unpaired) electrons. The highest BCUT2D eigenvalue weighted by molar-refractivity contribution is 6.31. The zero-order valence-corrected chi connectivity index (χ0v) is 19.3. The SMILES string of the molecule is Cc1cc(OCC(=O)N2CCC3(C=Cc4cc(-c5ccccc5)ccc4O3)CC2)ccc1Cl. The largest absolute Gasteiger partial charge is 0.484 e. The lowest BCUT2D eigenvalue weighted by Crippen LogP contribution is -2.50. The zero-order valence-electron chi connectivity index (χ0n) is 18.6. The third kappa shape index (κ3) is 4.62. The second-order valence-electron chi connectivity index (χ2n) is 8.70. The van der Waals surface area contributed by atoms with Crippen LogP contribution >= 0.6 is 11.6 Å². The number of fused-ring (bicyclic) bond motifs is 1. The Balaban J connectivity index is 1.19. The van der Waals surface area contributed by atoms with Crippen LogP contribution in [0, 0.1) is 6.92 Å². The van der Waals surface area contributed by atoms with Gasteiger partial charge >= 0.3 is 0 Å². The van der Waals surface area contributed by atoms with Crippen molar-refractivity contribution in [3.05, 3.63) is 89.0 Å². The number of nitrogens with zero attached hydrogens (tertiary/aromatic N) is 1. The van der Waals surface area contributed by atoms with Crippen LogP contribution in [0.2, 0.25) is 5.02 Å². The molecule has 0 aliphatic carbocycles. The Labute approximate surface area is 199 Å². The molecule has 0 bridgehead atoms. The van der Waals surface area contributed by atoms with Gasteiger partial charge in [0.15, 0.2) is 6.61 Å². The van der Waals surface area contributed by atoms with E-state index in [1.807, 2.05) is 36.1 Å². The van der Waals surface area contributed by atoms with E-state index in [4.69, 9.17) is 21.1 Å². The summed E-state index contributed by atoms with van der Waals surface area (Å²) in [6.07, 6.45) is 5.85. The Bertz CT molecular complexity index is 1200. The molecule has 5 rings (SSSR count). The molecule has 1 spiro atoms. The number of likely N-dealkylation sites (tertiary alicyclic amines) is 1. The monoisotopic (exact) mass is 459 g/mol. The van der Waals surface area contributed by atoms with E-state index in [2.05, 4.69) is 42.5 Å². The van der Waals surface area contributed by atoms with Crippen molar-refractivity contribution in [2.75, 3.05) is 19.7 Å². The number of halogens is 1. The summed E-state index contributed by atoms with van der Waals surface area (Å²) in [4.78, 5) is 14.5. The van der Waals surface area contributed by atoms with Gasteiger partial charge in [0.25, 0.3) is 5.91 Å². The highest BCUT2D eigenvalue weighted by atomic mass is 35.5. The van der Waals surface area contributed by atoms with Gasteiger partial charge in [-0.1, -0.05) is 54.1 Å². The molecule has 2 heterocycles. The molecule has 5 heteroatoms. The molecule has 33 heavy (non-hydrogen) atoms. The van der Waals surface area contributed by atoms with Gasteiger partial charge in [0.1, 0.15) is 17.1 Å². The Morgan fingerprint density at radius 2 is 1.82 bits per heavy atom. The van der Waals surface area contributed by atoms with Crippen molar-refractivity contribution >= 4 is 23.6 Å². The molecule has 3 aromatic rings. The van der Waals surface area contributed by atoms with Crippen molar-refractivity contribution in [1.82, 2.24) is 4.90 Å². The van der Waals surface area contributed by atoms with Gasteiger partial charge in [-0.15, -0.1) is 0 Å². The topological polar surface area (TPSA) is 38.8 Å². The summed E-state index contributed by atoms with van der Waals surface area (Å²) < 4.78 is 12.2. The minimum absolute atomic E-state index is 0.00912. The second-order valence-corrected chi connectivity index (χ2v) is 9.11. The van der Waals surface area contributed by atoms with Crippen LogP contribution < -0.4 is 9.47 Å². The van der Waals surface area contributed by atoms with E-state index < -0.39 is 0 Å². The number of benzene rings is 3. The average Bonchev–Trinajstić information content (AvgIpc) is 2.85. The number of carbonyl (C=O) groups is 1. The molecule has 0 saturated carbocycles. The van der Waals surface area contributed by atoms with E-state index in [0.717, 1.165) is 29.7 Å². The lowest BCUT2D eigenvalue weighted by Gasteiger charge is -2.42. The van der Waals surface area contributed by atoms with Gasteiger partial charge in [-0.05, 0) is 60.0 Å². The molecule has 0 aromatic heterocycles. The smallest absolute Gasteiger partial charge is 0.260 e. The highest BCUT2D eigenvalue weighted by Crippen LogP contribution is 2.38. The highest BCUT2D eigenvalue weighted by Gasteiger charge is 2.38. The van der Waals surface area contributed by atoms with Crippen LogP contribution in [0.4, 0.5) is 0 Å². The van der Waals surface area contributed by atoms with Crippen LogP contribution in [-0.2, 0) is 4.79 Å². The summed E-state index contributed by atoms with van der Waals surface area (Å²) in [6.45, 7) is 3.22. The average molecular weight is 460 g/mol. The molecular formula is C28H26ClNO3. The predicted octanol–water partition coefficient (Wildman–Crippen LogP) is 6.16. The van der Waals surface area contributed by atoms with Crippen LogP contribution in [0.25, 0.3) is 17.2 Å². The molecule has 3 aromatic carbocycles. The van der Waals surface area contributed by atoms with E-state index in [9.17, 15) is 4.79 Å². The van der Waals surface area contributed by atoms with Gasteiger partial charge < -0.3 is 14.4 Å². The number of carbonyl (C=O) groups excluding carboxylic acids is 1. The normalized spacial score (nSPS) is 16.2. The van der Waals surface area contributed by atoms with E-state index in [0.29, 0.717) is 23.9 Å². The van der Waals surface area contributed by atoms with E-state index in [-0.39, 0.29) is 18.1 Å². The van der Waals surface area contributed by atoms with Gasteiger partial charge in [0.2, 0.25) is 0 Å². The first kappa shape index (κ1) is 21.6. The summed E-state index contributed by atoms with van der Waals surface area (Å²) >= 11 is 6.06.